The number of aliphatic hydroxyl groups is 1. The second kappa shape index (κ2) is 7.34. The number of primary amides is 1. The Labute approximate surface area is 121 Å². The number of nitrogens with two attached hydrogens (primary N) is 1. The van der Waals surface area contributed by atoms with Gasteiger partial charge in [0.1, 0.15) is 17.3 Å². The van der Waals surface area contributed by atoms with Crippen LogP contribution in [0.3, 0.4) is 0 Å². The van der Waals surface area contributed by atoms with Crippen molar-refractivity contribution in [1.82, 2.24) is 4.98 Å². The molecule has 1 aromatic heterocycles. The predicted molar refractivity (Wildman–Crippen MR) is 76.1 cm³/mol. The number of aryl methyl sites for hydroxylation is 1. The van der Waals surface area contributed by atoms with Crippen LogP contribution in [0.25, 0.3) is 0 Å². The number of aromatic amines is 1. The molecule has 0 aliphatic carbocycles. The molecule has 1 aromatic carbocycles. The molecule has 4 N–H and O–H groups in total. The number of nitriles is 1. The van der Waals surface area contributed by atoms with Gasteiger partial charge in [-0.3, -0.25) is 4.79 Å². The lowest BCUT2D eigenvalue weighted by Crippen LogP contribution is -2.12. The summed E-state index contributed by atoms with van der Waals surface area (Å²) in [5, 5.41) is 17.4. The van der Waals surface area contributed by atoms with Gasteiger partial charge in [-0.25, -0.2) is 0 Å². The molecule has 0 aliphatic rings. The fourth-order valence-electron chi connectivity index (χ4n) is 1.48. The predicted octanol–water partition coefficient (Wildman–Crippen LogP) is 2.13. The maximum Gasteiger partial charge on any atom is 0.266 e. The van der Waals surface area contributed by atoms with E-state index in [-0.39, 0.29) is 22.9 Å². The van der Waals surface area contributed by atoms with E-state index in [0.29, 0.717) is 5.69 Å². The Morgan fingerprint density at radius 1 is 1.45 bits per heavy atom. The van der Waals surface area contributed by atoms with Gasteiger partial charge in [0.05, 0.1) is 11.6 Å². The number of nitrogens with zero attached hydrogens (tertiary/aromatic N) is 1. The zero-order valence-electron chi connectivity index (χ0n) is 10.9. The number of amides is 1. The highest BCUT2D eigenvalue weighted by Crippen LogP contribution is 2.22. The number of benzene rings is 1. The molecule has 5 nitrogen and oxygen atoms in total. The van der Waals surface area contributed by atoms with Crippen LogP contribution in [-0.2, 0) is 6.61 Å². The van der Waals surface area contributed by atoms with Gasteiger partial charge in [-0.15, -0.1) is 0 Å². The number of aromatic nitrogens is 1. The second-order valence-corrected chi connectivity index (χ2v) is 4.31. The van der Waals surface area contributed by atoms with Crippen LogP contribution in [0.15, 0.2) is 30.3 Å². The van der Waals surface area contributed by atoms with Gasteiger partial charge >= 0.3 is 0 Å². The highest BCUT2D eigenvalue weighted by atomic mass is 35.5. The minimum Gasteiger partial charge on any atom is -0.392 e. The number of H-pyrrole nitrogens is 1. The average molecular weight is 292 g/mol. The lowest BCUT2D eigenvalue weighted by atomic mass is 10.2. The summed E-state index contributed by atoms with van der Waals surface area (Å²) in [4.78, 5) is 13.4. The maximum absolute atomic E-state index is 10.7. The summed E-state index contributed by atoms with van der Waals surface area (Å²) in [5.74, 6) is -0.679. The van der Waals surface area contributed by atoms with E-state index < -0.39 is 5.91 Å². The molecule has 2 rings (SSSR count). The number of hydrogen-bond donors (Lipinski definition) is 3. The van der Waals surface area contributed by atoms with Crippen molar-refractivity contribution in [3.63, 3.8) is 0 Å². The molecule has 6 heteroatoms. The monoisotopic (exact) mass is 291 g/mol. The van der Waals surface area contributed by atoms with Crippen molar-refractivity contribution in [3.8, 4) is 6.07 Å². The first-order chi connectivity index (χ1) is 9.51. The van der Waals surface area contributed by atoms with Crippen molar-refractivity contribution in [3.05, 3.63) is 57.9 Å². The van der Waals surface area contributed by atoms with Gasteiger partial charge in [-0.05, 0) is 12.5 Å². The van der Waals surface area contributed by atoms with Gasteiger partial charge in [-0.2, -0.15) is 5.26 Å². The smallest absolute Gasteiger partial charge is 0.266 e. The van der Waals surface area contributed by atoms with Gasteiger partial charge < -0.3 is 15.8 Å². The van der Waals surface area contributed by atoms with E-state index in [9.17, 15) is 4.79 Å². The molecule has 1 heterocycles. The minimum absolute atomic E-state index is 0.0694. The summed E-state index contributed by atoms with van der Waals surface area (Å²) in [5.41, 5.74) is 6.71. The first kappa shape index (κ1) is 15.8. The number of halogens is 1. The van der Waals surface area contributed by atoms with Crippen molar-refractivity contribution in [1.29, 1.82) is 5.26 Å². The van der Waals surface area contributed by atoms with Crippen molar-refractivity contribution < 1.29 is 9.90 Å². The third-order valence-corrected chi connectivity index (χ3v) is 2.97. The Morgan fingerprint density at radius 2 is 2.05 bits per heavy atom. The molecule has 0 fully saturated rings. The molecule has 0 unspecified atom stereocenters. The topological polar surface area (TPSA) is 103 Å². The summed E-state index contributed by atoms with van der Waals surface area (Å²) in [6.07, 6.45) is 0. The van der Waals surface area contributed by atoms with Crippen LogP contribution in [0.2, 0.25) is 5.02 Å². The van der Waals surface area contributed by atoms with Crippen molar-refractivity contribution >= 4 is 17.5 Å². The third-order valence-electron chi connectivity index (χ3n) is 2.49. The molecule has 0 radical (unpaired) electrons. The molecule has 104 valence electrons. The quantitative estimate of drug-likeness (QED) is 0.789. The molecule has 2 aromatic rings. The van der Waals surface area contributed by atoms with Crippen LogP contribution in [-0.4, -0.2) is 16.0 Å². The minimum atomic E-state index is -0.679. The van der Waals surface area contributed by atoms with E-state index in [0.717, 1.165) is 5.56 Å². The third kappa shape index (κ3) is 3.85. The standard InChI is InChI=1S/C7H6ClN3O.C7H8O/c1-3-5(8)4(2-9)6(11-3)7(10)12;8-6-7-4-2-1-3-5-7/h11H,1H3,(H2,10,12);1-5,8H,6H2. The van der Waals surface area contributed by atoms with E-state index in [4.69, 9.17) is 27.7 Å². The number of nitrogens with one attached hydrogen (secondary N) is 1. The Kier molecular flexibility index (Phi) is 5.78. The number of rotatable bonds is 2. The molecular formula is C14H14ClN3O2. The number of carbonyl (C=O) groups excluding carboxylic acids is 1. The lowest BCUT2D eigenvalue weighted by molar-refractivity contribution is 0.0996. The summed E-state index contributed by atoms with van der Waals surface area (Å²) < 4.78 is 0. The average Bonchev–Trinajstić information content (AvgIpc) is 2.76. The SMILES string of the molecule is Cc1[nH]c(C(N)=O)c(C#N)c1Cl.OCc1ccccc1. The zero-order valence-corrected chi connectivity index (χ0v) is 11.6. The van der Waals surface area contributed by atoms with E-state index in [1.807, 2.05) is 30.3 Å². The van der Waals surface area contributed by atoms with Gasteiger partial charge in [0, 0.05) is 5.69 Å². The molecule has 0 bridgehead atoms. The fraction of sp³-hybridized carbons (Fsp3) is 0.143. The summed E-state index contributed by atoms with van der Waals surface area (Å²) in [6, 6.07) is 11.3. The van der Waals surface area contributed by atoms with Gasteiger partial charge in [-0.1, -0.05) is 41.9 Å². The first-order valence-electron chi connectivity index (χ1n) is 5.74. The number of aliphatic hydroxyl groups excluding tert-OH is 1. The number of hydrogen-bond acceptors (Lipinski definition) is 3. The van der Waals surface area contributed by atoms with E-state index in [1.54, 1.807) is 13.0 Å². The summed E-state index contributed by atoms with van der Waals surface area (Å²) in [7, 11) is 0. The zero-order chi connectivity index (χ0) is 15.1. The Bertz CT molecular complexity index is 630. The van der Waals surface area contributed by atoms with E-state index in [1.165, 1.54) is 0 Å². The van der Waals surface area contributed by atoms with Crippen LogP contribution >= 0.6 is 11.6 Å². The molecule has 0 spiro atoms. The molecule has 0 saturated heterocycles. The highest BCUT2D eigenvalue weighted by Gasteiger charge is 2.16. The largest absolute Gasteiger partial charge is 0.392 e. The van der Waals surface area contributed by atoms with Gasteiger partial charge in [0.25, 0.3) is 5.91 Å². The highest BCUT2D eigenvalue weighted by molar-refractivity contribution is 6.33. The van der Waals surface area contributed by atoms with Crippen LogP contribution in [0.1, 0.15) is 27.3 Å². The van der Waals surface area contributed by atoms with Crippen LogP contribution in [0.5, 0.6) is 0 Å². The Balaban J connectivity index is 0.000000217. The Hall–Kier alpha value is -2.29. The molecule has 0 saturated carbocycles. The van der Waals surface area contributed by atoms with E-state index >= 15 is 0 Å². The van der Waals surface area contributed by atoms with Crippen LogP contribution < -0.4 is 5.73 Å². The van der Waals surface area contributed by atoms with Crippen LogP contribution in [0.4, 0.5) is 0 Å². The lowest BCUT2D eigenvalue weighted by Gasteiger charge is -1.89. The molecule has 1 amide bonds. The van der Waals surface area contributed by atoms with Crippen molar-refractivity contribution in [2.45, 2.75) is 13.5 Å². The normalized spacial score (nSPS) is 9.30. The van der Waals surface area contributed by atoms with E-state index in [2.05, 4.69) is 4.98 Å². The fourth-order valence-corrected chi connectivity index (χ4v) is 1.66. The summed E-state index contributed by atoms with van der Waals surface area (Å²) in [6.45, 7) is 1.80. The second-order valence-electron chi connectivity index (χ2n) is 3.93. The summed E-state index contributed by atoms with van der Waals surface area (Å²) >= 11 is 5.70. The first-order valence-corrected chi connectivity index (χ1v) is 6.11. The van der Waals surface area contributed by atoms with Gasteiger partial charge in [0.2, 0.25) is 0 Å². The van der Waals surface area contributed by atoms with Crippen molar-refractivity contribution in [2.75, 3.05) is 0 Å². The van der Waals surface area contributed by atoms with Gasteiger partial charge in [0.15, 0.2) is 0 Å². The molecule has 0 aliphatic heterocycles. The molecule has 20 heavy (non-hydrogen) atoms. The van der Waals surface area contributed by atoms with Crippen molar-refractivity contribution in [2.24, 2.45) is 5.73 Å². The number of carbonyl (C=O) groups is 1. The van der Waals surface area contributed by atoms with Crippen LogP contribution in [0, 0.1) is 18.3 Å². The Morgan fingerprint density at radius 3 is 2.40 bits per heavy atom. The molecular weight excluding hydrogens is 278 g/mol. The molecule has 0 atom stereocenters. The maximum atomic E-state index is 10.7.